The van der Waals surface area contributed by atoms with Gasteiger partial charge in [0.25, 0.3) is 0 Å². The summed E-state index contributed by atoms with van der Waals surface area (Å²) in [6.45, 7) is 1.62. The Bertz CT molecular complexity index is 578. The molecule has 0 saturated carbocycles. The van der Waals surface area contributed by atoms with E-state index in [1.165, 1.54) is 12.1 Å². The van der Waals surface area contributed by atoms with Crippen LogP contribution in [-0.4, -0.2) is 52.6 Å². The number of halogens is 4. The zero-order valence-corrected chi connectivity index (χ0v) is 16.2. The zero-order valence-electron chi connectivity index (χ0n) is 14.7. The van der Waals surface area contributed by atoms with E-state index in [0.29, 0.717) is 49.5 Å². The molecule has 0 unspecified atom stereocenters. The van der Waals surface area contributed by atoms with E-state index in [4.69, 9.17) is 32.7 Å². The maximum atomic E-state index is 12.6. The highest BCUT2D eigenvalue weighted by Gasteiger charge is 2.15. The van der Waals surface area contributed by atoms with Crippen LogP contribution in [0.15, 0.2) is 17.1 Å². The minimum Gasteiger partial charge on any atom is -0.433 e. The maximum Gasteiger partial charge on any atom is 0.387 e. The van der Waals surface area contributed by atoms with Gasteiger partial charge in [0.1, 0.15) is 5.75 Å². The summed E-state index contributed by atoms with van der Waals surface area (Å²) in [5.41, 5.74) is 0.358. The Morgan fingerprint density at radius 3 is 2.62 bits per heavy atom. The van der Waals surface area contributed by atoms with E-state index in [-0.39, 0.29) is 17.3 Å². The van der Waals surface area contributed by atoms with E-state index in [2.05, 4.69) is 20.4 Å². The Morgan fingerprint density at radius 1 is 1.19 bits per heavy atom. The molecular weight excluding hydrogens is 391 g/mol. The van der Waals surface area contributed by atoms with Crippen LogP contribution in [0.25, 0.3) is 0 Å². The summed E-state index contributed by atoms with van der Waals surface area (Å²) in [6, 6.07) is 2.83. The molecule has 26 heavy (non-hydrogen) atoms. The second-order valence-corrected chi connectivity index (χ2v) is 5.83. The summed E-state index contributed by atoms with van der Waals surface area (Å²) >= 11 is 11.9. The van der Waals surface area contributed by atoms with Gasteiger partial charge < -0.3 is 24.8 Å². The fraction of sp³-hybridized carbons (Fsp3) is 0.562. The van der Waals surface area contributed by atoms with Crippen LogP contribution in [0.4, 0.5) is 8.78 Å². The van der Waals surface area contributed by atoms with Crippen LogP contribution in [0.1, 0.15) is 12.5 Å². The summed E-state index contributed by atoms with van der Waals surface area (Å²) in [5.74, 6) is 0.371. The summed E-state index contributed by atoms with van der Waals surface area (Å²) in [7, 11) is 1.60. The molecule has 1 aromatic rings. The number of guanidine groups is 1. The third-order valence-electron chi connectivity index (χ3n) is 3.01. The van der Waals surface area contributed by atoms with Gasteiger partial charge >= 0.3 is 6.61 Å². The van der Waals surface area contributed by atoms with E-state index < -0.39 is 6.61 Å². The lowest BCUT2D eigenvalue weighted by molar-refractivity contribution is -0.0503. The molecule has 0 aromatic heterocycles. The number of hydrogen-bond donors (Lipinski definition) is 2. The summed E-state index contributed by atoms with van der Waals surface area (Å²) in [5, 5.41) is 6.44. The Hall–Kier alpha value is -1.35. The molecule has 0 aliphatic rings. The first-order valence-corrected chi connectivity index (χ1v) is 8.75. The van der Waals surface area contributed by atoms with Crippen molar-refractivity contribution < 1.29 is 23.0 Å². The molecule has 0 atom stereocenters. The lowest BCUT2D eigenvalue weighted by atomic mass is 10.2. The lowest BCUT2D eigenvalue weighted by Crippen LogP contribution is -2.39. The first kappa shape index (κ1) is 22.7. The third kappa shape index (κ3) is 8.84. The van der Waals surface area contributed by atoms with Crippen LogP contribution >= 0.6 is 23.2 Å². The molecule has 0 aliphatic carbocycles. The van der Waals surface area contributed by atoms with Gasteiger partial charge in [0.2, 0.25) is 0 Å². The van der Waals surface area contributed by atoms with E-state index in [1.807, 2.05) is 6.92 Å². The monoisotopic (exact) mass is 413 g/mol. The number of alkyl halides is 2. The van der Waals surface area contributed by atoms with Crippen molar-refractivity contribution in [2.45, 2.75) is 20.1 Å². The van der Waals surface area contributed by atoms with Crippen LogP contribution in [0.2, 0.25) is 10.0 Å². The van der Waals surface area contributed by atoms with Crippen molar-refractivity contribution in [1.82, 2.24) is 10.6 Å². The molecule has 1 aromatic carbocycles. The molecule has 2 N–H and O–H groups in total. The largest absolute Gasteiger partial charge is 0.433 e. The van der Waals surface area contributed by atoms with Gasteiger partial charge in [-0.25, -0.2) is 4.99 Å². The summed E-state index contributed by atoms with van der Waals surface area (Å²) < 4.78 is 39.9. The molecule has 0 radical (unpaired) electrons. The van der Waals surface area contributed by atoms with E-state index in [1.54, 1.807) is 7.11 Å². The lowest BCUT2D eigenvalue weighted by Gasteiger charge is -2.14. The Kier molecular flexibility index (Phi) is 11.3. The first-order chi connectivity index (χ1) is 12.5. The molecular formula is C16H23Cl2F2N3O3. The molecule has 0 saturated heterocycles. The standard InChI is InChI=1S/C16H23Cl2F2N3O3/c1-3-21-16(22-4-5-25-7-6-24-2)23-10-11-8-12(17)9-13(18)14(11)26-15(19)20/h8-9,15H,3-7,10H2,1-2H3,(H2,21,22,23). The SMILES string of the molecule is CCNC(=NCc1cc(Cl)cc(Cl)c1OC(F)F)NCCOCCOC. The van der Waals surface area contributed by atoms with Crippen LogP contribution in [0, 0.1) is 0 Å². The number of hydrogen-bond acceptors (Lipinski definition) is 4. The number of rotatable bonds is 11. The van der Waals surface area contributed by atoms with Crippen LogP contribution in [-0.2, 0) is 16.0 Å². The third-order valence-corrected chi connectivity index (χ3v) is 3.51. The molecule has 0 fully saturated rings. The highest BCUT2D eigenvalue weighted by Crippen LogP contribution is 2.34. The van der Waals surface area contributed by atoms with Crippen LogP contribution < -0.4 is 15.4 Å². The van der Waals surface area contributed by atoms with Crippen LogP contribution in [0.5, 0.6) is 5.75 Å². The van der Waals surface area contributed by atoms with Gasteiger partial charge in [-0.3, -0.25) is 0 Å². The van der Waals surface area contributed by atoms with Gasteiger partial charge in [-0.15, -0.1) is 0 Å². The average Bonchev–Trinajstić information content (AvgIpc) is 2.58. The fourth-order valence-corrected chi connectivity index (χ4v) is 2.52. The minimum atomic E-state index is -2.99. The molecule has 0 heterocycles. The molecule has 0 amide bonds. The zero-order chi connectivity index (χ0) is 19.4. The van der Waals surface area contributed by atoms with Gasteiger partial charge in [-0.1, -0.05) is 23.2 Å². The van der Waals surface area contributed by atoms with Crippen molar-refractivity contribution in [2.24, 2.45) is 4.99 Å². The molecule has 0 aliphatic heterocycles. The van der Waals surface area contributed by atoms with Gasteiger partial charge in [0.15, 0.2) is 5.96 Å². The predicted octanol–water partition coefficient (Wildman–Crippen LogP) is 3.31. The van der Waals surface area contributed by atoms with Crippen molar-refractivity contribution in [3.8, 4) is 5.75 Å². The number of ether oxygens (including phenoxy) is 3. The van der Waals surface area contributed by atoms with Gasteiger partial charge in [-0.05, 0) is 19.1 Å². The van der Waals surface area contributed by atoms with Crippen molar-refractivity contribution in [1.29, 1.82) is 0 Å². The van der Waals surface area contributed by atoms with E-state index in [0.717, 1.165) is 0 Å². The molecule has 1 rings (SSSR count). The molecule has 6 nitrogen and oxygen atoms in total. The number of aliphatic imine (C=N–C) groups is 1. The quantitative estimate of drug-likeness (QED) is 0.331. The molecule has 10 heteroatoms. The van der Waals surface area contributed by atoms with Crippen molar-refractivity contribution in [3.05, 3.63) is 27.7 Å². The van der Waals surface area contributed by atoms with Gasteiger partial charge in [0.05, 0.1) is 31.4 Å². The summed E-state index contributed by atoms with van der Waals surface area (Å²) in [4.78, 5) is 4.34. The predicted molar refractivity (Wildman–Crippen MR) is 98.6 cm³/mol. The number of nitrogens with zero attached hydrogens (tertiary/aromatic N) is 1. The molecule has 0 bridgehead atoms. The normalized spacial score (nSPS) is 11.7. The highest BCUT2D eigenvalue weighted by molar-refractivity contribution is 6.35. The van der Waals surface area contributed by atoms with Crippen molar-refractivity contribution in [3.63, 3.8) is 0 Å². The number of methoxy groups -OCH3 is 1. The second kappa shape index (κ2) is 12.9. The number of nitrogens with one attached hydrogen (secondary N) is 2. The Balaban J connectivity index is 2.73. The van der Waals surface area contributed by atoms with Crippen LogP contribution in [0.3, 0.4) is 0 Å². The molecule has 0 spiro atoms. The topological polar surface area (TPSA) is 64.1 Å². The maximum absolute atomic E-state index is 12.6. The average molecular weight is 414 g/mol. The van der Waals surface area contributed by atoms with Gasteiger partial charge in [0, 0.05) is 30.8 Å². The molecule has 148 valence electrons. The highest BCUT2D eigenvalue weighted by atomic mass is 35.5. The van der Waals surface area contributed by atoms with Crippen molar-refractivity contribution in [2.75, 3.05) is 40.0 Å². The Labute approximate surface area is 161 Å². The summed E-state index contributed by atoms with van der Waals surface area (Å²) in [6.07, 6.45) is 0. The second-order valence-electron chi connectivity index (χ2n) is 4.98. The number of benzene rings is 1. The van der Waals surface area contributed by atoms with Crippen molar-refractivity contribution >= 4 is 29.2 Å². The first-order valence-electron chi connectivity index (χ1n) is 7.99. The van der Waals surface area contributed by atoms with Gasteiger partial charge in [-0.2, -0.15) is 8.78 Å². The fourth-order valence-electron chi connectivity index (χ4n) is 1.94. The van der Waals surface area contributed by atoms with E-state index in [9.17, 15) is 8.78 Å². The minimum absolute atomic E-state index is 0.00695. The smallest absolute Gasteiger partial charge is 0.387 e. The van der Waals surface area contributed by atoms with E-state index >= 15 is 0 Å². The Morgan fingerprint density at radius 2 is 1.96 bits per heavy atom.